The molecule has 20 heavy (non-hydrogen) atoms. The average molecular weight is 385 g/mol. The fraction of sp³-hybridized carbons (Fsp3) is 0.667. The number of rotatable bonds is 8. The number of sulfonamides is 1. The summed E-state index contributed by atoms with van der Waals surface area (Å²) in [6, 6.07) is 1.45. The molecule has 0 amide bonds. The van der Waals surface area contributed by atoms with E-state index in [1.807, 2.05) is 20.9 Å². The van der Waals surface area contributed by atoms with Crippen molar-refractivity contribution in [3.63, 3.8) is 0 Å². The first-order valence-corrected chi connectivity index (χ1v) is 9.35. The summed E-state index contributed by atoms with van der Waals surface area (Å²) in [6.45, 7) is 4.91. The van der Waals surface area contributed by atoms with Crippen LogP contribution in [0.15, 0.2) is 14.7 Å². The number of hydrogen-bond donors (Lipinski definition) is 2. The molecule has 1 atom stereocenters. The summed E-state index contributed by atoms with van der Waals surface area (Å²) in [4.78, 5) is 1.25. The molecule has 1 heterocycles. The third-order valence-electron chi connectivity index (χ3n) is 2.80. The van der Waals surface area contributed by atoms with Crippen molar-refractivity contribution in [2.24, 2.45) is 5.92 Å². The van der Waals surface area contributed by atoms with E-state index >= 15 is 0 Å². The molecule has 0 aromatic carbocycles. The molecule has 0 aliphatic rings. The highest BCUT2D eigenvalue weighted by Gasteiger charge is 2.26. The molecule has 0 aliphatic carbocycles. The van der Waals surface area contributed by atoms with Crippen molar-refractivity contribution in [2.75, 3.05) is 20.8 Å². The molecule has 1 aromatic heterocycles. The lowest BCUT2D eigenvalue weighted by Gasteiger charge is -2.21. The van der Waals surface area contributed by atoms with Crippen LogP contribution >= 0.6 is 27.3 Å². The number of ether oxygens (including phenoxy) is 1. The minimum atomic E-state index is -3.55. The third-order valence-corrected chi connectivity index (χ3v) is 6.55. The second-order valence-electron chi connectivity index (χ2n) is 4.81. The lowest BCUT2D eigenvalue weighted by Crippen LogP contribution is -2.41. The molecule has 0 aliphatic heterocycles. The van der Waals surface area contributed by atoms with E-state index in [1.54, 1.807) is 13.2 Å². The van der Waals surface area contributed by atoms with Gasteiger partial charge in [0.15, 0.2) is 0 Å². The van der Waals surface area contributed by atoms with Gasteiger partial charge in [-0.3, -0.25) is 0 Å². The Labute approximate surface area is 133 Å². The predicted molar refractivity (Wildman–Crippen MR) is 85.6 cm³/mol. The van der Waals surface area contributed by atoms with E-state index in [1.165, 1.54) is 11.3 Å². The zero-order chi connectivity index (χ0) is 15.3. The lowest BCUT2D eigenvalue weighted by molar-refractivity contribution is 0.157. The molecule has 5 nitrogen and oxygen atoms in total. The second-order valence-corrected chi connectivity index (χ2v) is 8.95. The van der Waals surface area contributed by atoms with Gasteiger partial charge in [-0.2, -0.15) is 0 Å². The monoisotopic (exact) mass is 384 g/mol. The Hall–Kier alpha value is 0.01000. The van der Waals surface area contributed by atoms with Gasteiger partial charge in [0.05, 0.1) is 10.4 Å². The molecule has 1 rings (SSSR count). The third kappa shape index (κ3) is 4.78. The van der Waals surface area contributed by atoms with E-state index in [0.717, 1.165) is 4.88 Å². The normalized spacial score (nSPS) is 13.9. The summed E-state index contributed by atoms with van der Waals surface area (Å²) in [5.41, 5.74) is 0. The quantitative estimate of drug-likeness (QED) is 0.720. The van der Waals surface area contributed by atoms with Crippen LogP contribution in [0.3, 0.4) is 0 Å². The highest BCUT2D eigenvalue weighted by molar-refractivity contribution is 9.11. The SMILES string of the molecule is CNCc1cc(S(=O)(=O)NC(COC)C(C)C)c(Br)s1. The summed E-state index contributed by atoms with van der Waals surface area (Å²) in [7, 11) is -0.158. The van der Waals surface area contributed by atoms with E-state index in [9.17, 15) is 8.42 Å². The van der Waals surface area contributed by atoms with E-state index < -0.39 is 10.0 Å². The van der Waals surface area contributed by atoms with Crippen molar-refractivity contribution < 1.29 is 13.2 Å². The van der Waals surface area contributed by atoms with Gasteiger partial charge in [-0.25, -0.2) is 13.1 Å². The van der Waals surface area contributed by atoms with Gasteiger partial charge in [-0.15, -0.1) is 11.3 Å². The standard InChI is InChI=1S/C12H21BrN2O3S2/c1-8(2)10(7-18-4)15-20(16,17)11-5-9(6-14-3)19-12(11)13/h5,8,10,14-15H,6-7H2,1-4H3. The molecule has 0 bridgehead atoms. The molecule has 1 unspecified atom stereocenters. The van der Waals surface area contributed by atoms with Crippen molar-refractivity contribution in [3.05, 3.63) is 14.7 Å². The van der Waals surface area contributed by atoms with Gasteiger partial charge in [0.25, 0.3) is 0 Å². The maximum Gasteiger partial charge on any atom is 0.242 e. The Morgan fingerprint density at radius 3 is 2.60 bits per heavy atom. The summed E-state index contributed by atoms with van der Waals surface area (Å²) >= 11 is 4.75. The first-order chi connectivity index (χ1) is 9.31. The predicted octanol–water partition coefficient (Wildman–Crippen LogP) is 2.18. The summed E-state index contributed by atoms with van der Waals surface area (Å²) in [6.07, 6.45) is 0. The Bertz CT molecular complexity index is 529. The zero-order valence-electron chi connectivity index (χ0n) is 12.1. The highest BCUT2D eigenvalue weighted by Crippen LogP contribution is 2.31. The lowest BCUT2D eigenvalue weighted by atomic mass is 10.1. The fourth-order valence-corrected chi connectivity index (χ4v) is 5.71. The highest BCUT2D eigenvalue weighted by atomic mass is 79.9. The second kappa shape index (κ2) is 7.86. The van der Waals surface area contributed by atoms with Gasteiger partial charge in [-0.05, 0) is 35.0 Å². The molecule has 0 spiro atoms. The maximum atomic E-state index is 12.4. The zero-order valence-corrected chi connectivity index (χ0v) is 15.3. The Kier molecular flexibility index (Phi) is 7.10. The number of methoxy groups -OCH3 is 1. The van der Waals surface area contributed by atoms with E-state index in [0.29, 0.717) is 16.9 Å². The summed E-state index contributed by atoms with van der Waals surface area (Å²) in [5, 5.41) is 3.01. The first-order valence-electron chi connectivity index (χ1n) is 6.26. The molecular weight excluding hydrogens is 364 g/mol. The topological polar surface area (TPSA) is 67.4 Å². The van der Waals surface area contributed by atoms with Crippen LogP contribution in [-0.2, 0) is 21.3 Å². The molecule has 116 valence electrons. The van der Waals surface area contributed by atoms with E-state index in [4.69, 9.17) is 4.74 Å². The van der Waals surface area contributed by atoms with Gasteiger partial charge in [-0.1, -0.05) is 13.8 Å². The number of thiophene rings is 1. The summed E-state index contributed by atoms with van der Waals surface area (Å²) in [5.74, 6) is 0.152. The Morgan fingerprint density at radius 1 is 1.45 bits per heavy atom. The van der Waals surface area contributed by atoms with E-state index in [2.05, 4.69) is 26.0 Å². The van der Waals surface area contributed by atoms with E-state index in [-0.39, 0.29) is 16.9 Å². The van der Waals surface area contributed by atoms with Crippen molar-refractivity contribution >= 4 is 37.3 Å². The van der Waals surface area contributed by atoms with Gasteiger partial charge < -0.3 is 10.1 Å². The largest absolute Gasteiger partial charge is 0.383 e. The average Bonchev–Trinajstić information content (AvgIpc) is 2.71. The molecule has 0 fully saturated rings. The fourth-order valence-electron chi connectivity index (χ4n) is 1.65. The molecule has 8 heteroatoms. The maximum absolute atomic E-state index is 12.4. The first kappa shape index (κ1) is 18.1. The van der Waals surface area contributed by atoms with Crippen molar-refractivity contribution in [1.29, 1.82) is 0 Å². The van der Waals surface area contributed by atoms with Gasteiger partial charge in [0.2, 0.25) is 10.0 Å². The Balaban J connectivity index is 2.97. The minimum absolute atomic E-state index is 0.152. The molecule has 2 N–H and O–H groups in total. The molecular formula is C12H21BrN2O3S2. The number of hydrogen-bond acceptors (Lipinski definition) is 5. The van der Waals surface area contributed by atoms with Crippen LogP contribution in [0.25, 0.3) is 0 Å². The van der Waals surface area contributed by atoms with Gasteiger partial charge in [0, 0.05) is 24.6 Å². The summed E-state index contributed by atoms with van der Waals surface area (Å²) < 4.78 is 33.3. The van der Waals surface area contributed by atoms with Crippen LogP contribution in [0.4, 0.5) is 0 Å². The smallest absolute Gasteiger partial charge is 0.242 e. The molecule has 0 radical (unpaired) electrons. The van der Waals surface area contributed by atoms with Crippen LogP contribution in [0.2, 0.25) is 0 Å². The van der Waals surface area contributed by atoms with Crippen molar-refractivity contribution in [2.45, 2.75) is 31.3 Å². The Morgan fingerprint density at radius 2 is 2.10 bits per heavy atom. The molecule has 0 saturated heterocycles. The van der Waals surface area contributed by atoms with Crippen LogP contribution in [0, 0.1) is 5.92 Å². The van der Waals surface area contributed by atoms with Crippen LogP contribution in [-0.4, -0.2) is 35.2 Å². The number of halogens is 1. The molecule has 1 aromatic rings. The molecule has 0 saturated carbocycles. The minimum Gasteiger partial charge on any atom is -0.383 e. The van der Waals surface area contributed by atoms with Crippen molar-refractivity contribution in [1.82, 2.24) is 10.0 Å². The van der Waals surface area contributed by atoms with Crippen LogP contribution in [0.5, 0.6) is 0 Å². The van der Waals surface area contributed by atoms with Crippen molar-refractivity contribution in [3.8, 4) is 0 Å². The van der Waals surface area contributed by atoms with Gasteiger partial charge in [0.1, 0.15) is 4.90 Å². The van der Waals surface area contributed by atoms with Crippen LogP contribution in [0.1, 0.15) is 18.7 Å². The number of nitrogens with one attached hydrogen (secondary N) is 2. The van der Waals surface area contributed by atoms with Gasteiger partial charge >= 0.3 is 0 Å². The van der Waals surface area contributed by atoms with Crippen LogP contribution < -0.4 is 10.0 Å².